The standard InChI is InChI=1S/C30H38N2O6/c1-3-4-5-18-38-25-9-6-8-23(21-25)27-26(28(33)22-10-12-24(36-2)13-11-22)29(34)30(35)32(27)15-7-14-31-16-19-37-20-17-31/h6,8-13,21,27,33H,3-5,7,14-20H2,1-2H3. The third-order valence-corrected chi connectivity index (χ3v) is 7.07. The third-order valence-electron chi connectivity index (χ3n) is 7.07. The van der Waals surface area contributed by atoms with Crippen molar-refractivity contribution in [3.05, 3.63) is 65.2 Å². The lowest BCUT2D eigenvalue weighted by atomic mass is 9.95. The van der Waals surface area contributed by atoms with Gasteiger partial charge in [0, 0.05) is 31.7 Å². The monoisotopic (exact) mass is 522 g/mol. The number of carbonyl (C=O) groups excluding carboxylic acids is 2. The van der Waals surface area contributed by atoms with E-state index in [4.69, 9.17) is 14.2 Å². The topological polar surface area (TPSA) is 88.5 Å². The number of amides is 1. The molecule has 1 atom stereocenters. The quantitative estimate of drug-likeness (QED) is 0.191. The van der Waals surface area contributed by atoms with E-state index in [0.717, 1.165) is 44.5 Å². The van der Waals surface area contributed by atoms with Gasteiger partial charge in [0.25, 0.3) is 11.7 Å². The van der Waals surface area contributed by atoms with Crippen molar-refractivity contribution in [2.24, 2.45) is 0 Å². The summed E-state index contributed by atoms with van der Waals surface area (Å²) in [6, 6.07) is 13.6. The van der Waals surface area contributed by atoms with Crippen LogP contribution >= 0.6 is 0 Å². The van der Waals surface area contributed by atoms with Crippen LogP contribution in [0.2, 0.25) is 0 Å². The van der Waals surface area contributed by atoms with Crippen LogP contribution in [0.5, 0.6) is 11.5 Å². The van der Waals surface area contributed by atoms with Gasteiger partial charge in [0.2, 0.25) is 0 Å². The van der Waals surface area contributed by atoms with E-state index in [1.807, 2.05) is 24.3 Å². The van der Waals surface area contributed by atoms with E-state index in [-0.39, 0.29) is 11.3 Å². The van der Waals surface area contributed by atoms with Gasteiger partial charge >= 0.3 is 0 Å². The summed E-state index contributed by atoms with van der Waals surface area (Å²) >= 11 is 0. The molecular weight excluding hydrogens is 484 g/mol. The number of ketones is 1. The number of nitrogens with zero attached hydrogens (tertiary/aromatic N) is 2. The second-order valence-electron chi connectivity index (χ2n) is 9.66. The summed E-state index contributed by atoms with van der Waals surface area (Å²) < 4.78 is 16.6. The molecule has 2 aliphatic heterocycles. The molecule has 2 aromatic rings. The second kappa shape index (κ2) is 13.4. The van der Waals surface area contributed by atoms with Gasteiger partial charge in [-0.2, -0.15) is 0 Å². The molecule has 0 aromatic heterocycles. The van der Waals surface area contributed by atoms with Crippen molar-refractivity contribution in [3.8, 4) is 11.5 Å². The molecule has 0 spiro atoms. The molecule has 2 aliphatic rings. The Bertz CT molecular complexity index is 1120. The van der Waals surface area contributed by atoms with Crippen molar-refractivity contribution in [3.63, 3.8) is 0 Å². The maximum atomic E-state index is 13.3. The summed E-state index contributed by atoms with van der Waals surface area (Å²) in [6.45, 7) is 7.07. The number of ether oxygens (including phenoxy) is 3. The molecule has 38 heavy (non-hydrogen) atoms. The van der Waals surface area contributed by atoms with Crippen LogP contribution in [0.1, 0.15) is 49.8 Å². The number of aliphatic hydroxyl groups excluding tert-OH is 1. The number of benzene rings is 2. The molecule has 2 saturated heterocycles. The molecule has 2 aromatic carbocycles. The molecule has 204 valence electrons. The van der Waals surface area contributed by atoms with Gasteiger partial charge in [-0.15, -0.1) is 0 Å². The van der Waals surface area contributed by atoms with E-state index in [0.29, 0.717) is 49.8 Å². The number of carbonyl (C=O) groups is 2. The second-order valence-corrected chi connectivity index (χ2v) is 9.66. The van der Waals surface area contributed by atoms with E-state index in [9.17, 15) is 14.7 Å². The molecule has 1 unspecified atom stereocenters. The largest absolute Gasteiger partial charge is 0.507 e. The predicted octanol–water partition coefficient (Wildman–Crippen LogP) is 4.41. The minimum Gasteiger partial charge on any atom is -0.507 e. The SMILES string of the molecule is CCCCCOc1cccc(C2C(=C(O)c3ccc(OC)cc3)C(=O)C(=O)N2CCCN2CCOCC2)c1. The first-order valence-corrected chi connectivity index (χ1v) is 13.5. The van der Waals surface area contributed by atoms with Gasteiger partial charge in [0.1, 0.15) is 17.3 Å². The molecule has 2 fully saturated rings. The van der Waals surface area contributed by atoms with Crippen molar-refractivity contribution < 1.29 is 28.9 Å². The normalized spacial score (nSPS) is 19.6. The highest BCUT2D eigenvalue weighted by Gasteiger charge is 2.46. The lowest BCUT2D eigenvalue weighted by Gasteiger charge is -2.29. The lowest BCUT2D eigenvalue weighted by molar-refractivity contribution is -0.140. The number of morpholine rings is 1. The highest BCUT2D eigenvalue weighted by molar-refractivity contribution is 6.46. The van der Waals surface area contributed by atoms with Crippen molar-refractivity contribution in [2.45, 2.75) is 38.6 Å². The molecule has 8 heteroatoms. The van der Waals surface area contributed by atoms with Crippen LogP contribution in [0, 0.1) is 0 Å². The molecule has 1 amide bonds. The Kier molecular flexibility index (Phi) is 9.79. The molecule has 8 nitrogen and oxygen atoms in total. The number of hydrogen-bond acceptors (Lipinski definition) is 7. The zero-order chi connectivity index (χ0) is 26.9. The fourth-order valence-electron chi connectivity index (χ4n) is 4.97. The van der Waals surface area contributed by atoms with Gasteiger partial charge in [-0.1, -0.05) is 31.9 Å². The molecule has 4 rings (SSSR count). The summed E-state index contributed by atoms with van der Waals surface area (Å²) in [5.41, 5.74) is 1.28. The lowest BCUT2D eigenvalue weighted by Crippen LogP contribution is -2.38. The van der Waals surface area contributed by atoms with E-state index < -0.39 is 17.7 Å². The summed E-state index contributed by atoms with van der Waals surface area (Å²) in [5.74, 6) is -0.150. The Morgan fingerprint density at radius 1 is 1.00 bits per heavy atom. The van der Waals surface area contributed by atoms with Crippen molar-refractivity contribution >= 4 is 17.4 Å². The number of likely N-dealkylation sites (tertiary alicyclic amines) is 1. The zero-order valence-electron chi connectivity index (χ0n) is 22.4. The number of Topliss-reactive ketones (excluding diaryl/α,β-unsaturated/α-hetero) is 1. The van der Waals surface area contributed by atoms with Crippen LogP contribution in [0.3, 0.4) is 0 Å². The minimum absolute atomic E-state index is 0.0923. The van der Waals surface area contributed by atoms with Crippen LogP contribution in [0.4, 0.5) is 0 Å². The first kappa shape index (κ1) is 27.7. The molecule has 0 bridgehead atoms. The van der Waals surface area contributed by atoms with E-state index >= 15 is 0 Å². The number of methoxy groups -OCH3 is 1. The van der Waals surface area contributed by atoms with Crippen LogP contribution in [0.25, 0.3) is 5.76 Å². The summed E-state index contributed by atoms with van der Waals surface area (Å²) in [5, 5.41) is 11.3. The first-order valence-electron chi connectivity index (χ1n) is 13.5. The van der Waals surface area contributed by atoms with Crippen molar-refractivity contribution in [2.75, 3.05) is 53.1 Å². The number of aliphatic hydroxyl groups is 1. The molecule has 0 radical (unpaired) electrons. The van der Waals surface area contributed by atoms with Crippen molar-refractivity contribution in [1.82, 2.24) is 9.80 Å². The highest BCUT2D eigenvalue weighted by Crippen LogP contribution is 2.40. The third kappa shape index (κ3) is 6.55. The maximum Gasteiger partial charge on any atom is 0.295 e. The molecule has 2 heterocycles. The van der Waals surface area contributed by atoms with Crippen LogP contribution < -0.4 is 9.47 Å². The molecule has 0 aliphatic carbocycles. The number of unbranched alkanes of at least 4 members (excludes halogenated alkanes) is 2. The Balaban J connectivity index is 1.64. The van der Waals surface area contributed by atoms with Gasteiger partial charge in [-0.05, 0) is 54.8 Å². The maximum absolute atomic E-state index is 13.3. The van der Waals surface area contributed by atoms with Gasteiger partial charge in [-0.3, -0.25) is 14.5 Å². The summed E-state index contributed by atoms with van der Waals surface area (Å²) in [6.07, 6.45) is 3.86. The van der Waals surface area contributed by atoms with Gasteiger partial charge in [0.15, 0.2) is 0 Å². The number of rotatable bonds is 12. The zero-order valence-corrected chi connectivity index (χ0v) is 22.4. The molecular formula is C30H38N2O6. The summed E-state index contributed by atoms with van der Waals surface area (Å²) in [4.78, 5) is 30.5. The number of hydrogen-bond donors (Lipinski definition) is 1. The molecule has 0 saturated carbocycles. The molecule has 1 N–H and O–H groups in total. The van der Waals surface area contributed by atoms with Gasteiger partial charge < -0.3 is 24.2 Å². The van der Waals surface area contributed by atoms with E-state index in [2.05, 4.69) is 11.8 Å². The van der Waals surface area contributed by atoms with Crippen LogP contribution in [-0.2, 0) is 14.3 Å². The summed E-state index contributed by atoms with van der Waals surface area (Å²) in [7, 11) is 1.56. The highest BCUT2D eigenvalue weighted by atomic mass is 16.5. The average molecular weight is 523 g/mol. The fraction of sp³-hybridized carbons (Fsp3) is 0.467. The van der Waals surface area contributed by atoms with Crippen molar-refractivity contribution in [1.29, 1.82) is 0 Å². The Hall–Kier alpha value is -3.36. The Morgan fingerprint density at radius 3 is 2.47 bits per heavy atom. The fourth-order valence-corrected chi connectivity index (χ4v) is 4.97. The van der Waals surface area contributed by atoms with Gasteiger partial charge in [0.05, 0.1) is 38.5 Å². The van der Waals surface area contributed by atoms with E-state index in [1.165, 1.54) is 0 Å². The smallest absolute Gasteiger partial charge is 0.295 e. The van der Waals surface area contributed by atoms with Crippen LogP contribution in [0.15, 0.2) is 54.1 Å². The first-order chi connectivity index (χ1) is 18.5. The Labute approximate surface area is 224 Å². The van der Waals surface area contributed by atoms with E-state index in [1.54, 1.807) is 36.3 Å². The van der Waals surface area contributed by atoms with Gasteiger partial charge in [-0.25, -0.2) is 0 Å². The predicted molar refractivity (Wildman–Crippen MR) is 145 cm³/mol. The Morgan fingerprint density at radius 2 is 1.76 bits per heavy atom. The minimum atomic E-state index is -0.707. The average Bonchev–Trinajstić information content (AvgIpc) is 3.21. The van der Waals surface area contributed by atoms with Crippen LogP contribution in [-0.4, -0.2) is 79.7 Å².